The van der Waals surface area contributed by atoms with Gasteiger partial charge in [0.25, 0.3) is 5.91 Å². The first-order chi connectivity index (χ1) is 9.69. The van der Waals surface area contributed by atoms with Crippen molar-refractivity contribution in [1.29, 1.82) is 0 Å². The number of carbonyl (C=O) groups excluding carboxylic acids is 1. The predicted molar refractivity (Wildman–Crippen MR) is 80.8 cm³/mol. The molecule has 0 spiro atoms. The van der Waals surface area contributed by atoms with E-state index in [4.69, 9.17) is 0 Å². The Kier molecular flexibility index (Phi) is 5.53. The highest BCUT2D eigenvalue weighted by Crippen LogP contribution is 2.14. The lowest BCUT2D eigenvalue weighted by Crippen LogP contribution is -2.39. The number of aryl methyl sites for hydroxylation is 1. The first-order valence-electron chi connectivity index (χ1n) is 7.60. The zero-order valence-electron chi connectivity index (χ0n) is 12.6. The van der Waals surface area contributed by atoms with Gasteiger partial charge in [0.2, 0.25) is 0 Å². The molecule has 2 rings (SSSR count). The summed E-state index contributed by atoms with van der Waals surface area (Å²) in [7, 11) is 2.15. The minimum atomic E-state index is 0.0259. The maximum Gasteiger partial charge on any atom is 0.251 e. The summed E-state index contributed by atoms with van der Waals surface area (Å²) in [6.45, 7) is 5.15. The van der Waals surface area contributed by atoms with Crippen molar-refractivity contribution in [1.82, 2.24) is 15.2 Å². The number of amides is 1. The highest BCUT2D eigenvalue weighted by Gasteiger charge is 2.18. The highest BCUT2D eigenvalue weighted by atomic mass is 16.1. The van der Waals surface area contributed by atoms with Gasteiger partial charge in [0, 0.05) is 30.5 Å². The van der Waals surface area contributed by atoms with Gasteiger partial charge in [0.05, 0.1) is 0 Å². The van der Waals surface area contributed by atoms with E-state index in [9.17, 15) is 4.79 Å². The highest BCUT2D eigenvalue weighted by molar-refractivity contribution is 5.94. The van der Waals surface area contributed by atoms with Crippen molar-refractivity contribution in [2.24, 2.45) is 5.92 Å². The third-order valence-electron chi connectivity index (χ3n) is 3.86. The van der Waals surface area contributed by atoms with Crippen LogP contribution in [0.25, 0.3) is 0 Å². The molecule has 1 amide bonds. The Balaban J connectivity index is 1.86. The lowest BCUT2D eigenvalue weighted by Gasteiger charge is -2.29. The molecule has 1 aliphatic heterocycles. The molecule has 0 aliphatic carbocycles. The largest absolute Gasteiger partial charge is 0.352 e. The number of nitrogens with zero attached hydrogens (tertiary/aromatic N) is 2. The minimum Gasteiger partial charge on any atom is -0.352 e. The maximum atomic E-state index is 12.2. The van der Waals surface area contributed by atoms with Crippen LogP contribution in [0.2, 0.25) is 0 Å². The number of aromatic nitrogens is 1. The fourth-order valence-electron chi connectivity index (χ4n) is 2.79. The molecule has 0 radical (unpaired) electrons. The fourth-order valence-corrected chi connectivity index (χ4v) is 2.79. The van der Waals surface area contributed by atoms with E-state index in [0.29, 0.717) is 5.92 Å². The van der Waals surface area contributed by atoms with Crippen molar-refractivity contribution in [2.45, 2.75) is 32.6 Å². The Morgan fingerprint density at radius 2 is 2.40 bits per heavy atom. The van der Waals surface area contributed by atoms with Crippen LogP contribution in [0.3, 0.4) is 0 Å². The topological polar surface area (TPSA) is 45.2 Å². The Morgan fingerprint density at radius 3 is 3.15 bits per heavy atom. The average Bonchev–Trinajstić information content (AvgIpc) is 2.45. The van der Waals surface area contributed by atoms with Gasteiger partial charge >= 0.3 is 0 Å². The van der Waals surface area contributed by atoms with E-state index in [1.807, 2.05) is 6.07 Å². The molecule has 1 aromatic rings. The normalized spacial score (nSPS) is 19.8. The molecule has 1 fully saturated rings. The predicted octanol–water partition coefficient (Wildman–Crippen LogP) is 2.11. The molecule has 2 heterocycles. The van der Waals surface area contributed by atoms with Gasteiger partial charge in [-0.1, -0.05) is 13.3 Å². The summed E-state index contributed by atoms with van der Waals surface area (Å²) in [5, 5.41) is 3.07. The number of hydrogen-bond acceptors (Lipinski definition) is 3. The molecule has 0 aromatic carbocycles. The molecule has 1 atom stereocenters. The van der Waals surface area contributed by atoms with Gasteiger partial charge in [0.1, 0.15) is 0 Å². The van der Waals surface area contributed by atoms with Crippen LogP contribution in [-0.4, -0.2) is 42.5 Å². The zero-order valence-corrected chi connectivity index (χ0v) is 12.6. The van der Waals surface area contributed by atoms with Crippen LogP contribution in [0.15, 0.2) is 18.3 Å². The molecule has 4 nitrogen and oxygen atoms in total. The third kappa shape index (κ3) is 4.30. The van der Waals surface area contributed by atoms with Crippen molar-refractivity contribution < 1.29 is 4.79 Å². The van der Waals surface area contributed by atoms with Gasteiger partial charge < -0.3 is 10.2 Å². The number of carbonyl (C=O) groups is 1. The van der Waals surface area contributed by atoms with Crippen LogP contribution in [0.5, 0.6) is 0 Å². The van der Waals surface area contributed by atoms with E-state index in [1.165, 1.54) is 19.4 Å². The fraction of sp³-hybridized carbons (Fsp3) is 0.625. The van der Waals surface area contributed by atoms with Crippen LogP contribution < -0.4 is 5.32 Å². The minimum absolute atomic E-state index is 0.0259. The monoisotopic (exact) mass is 275 g/mol. The molecule has 4 heteroatoms. The van der Waals surface area contributed by atoms with Gasteiger partial charge in [-0.3, -0.25) is 9.78 Å². The Hall–Kier alpha value is -1.42. The summed E-state index contributed by atoms with van der Waals surface area (Å²) in [6, 6.07) is 3.70. The van der Waals surface area contributed by atoms with E-state index >= 15 is 0 Å². The standard InChI is InChI=1S/C16H25N3O/c1-3-5-15-10-14(7-8-17-15)16(20)18-11-13-6-4-9-19(2)12-13/h7-8,10,13H,3-6,9,11-12H2,1-2H3,(H,18,20)/t13-/m1/s1. The van der Waals surface area contributed by atoms with E-state index in [0.717, 1.165) is 37.2 Å². The summed E-state index contributed by atoms with van der Waals surface area (Å²) < 4.78 is 0. The first kappa shape index (κ1) is 15.0. The number of pyridine rings is 1. The summed E-state index contributed by atoms with van der Waals surface area (Å²) in [6.07, 6.45) is 6.14. The quantitative estimate of drug-likeness (QED) is 0.895. The molecule has 0 unspecified atom stereocenters. The maximum absolute atomic E-state index is 12.2. The van der Waals surface area contributed by atoms with Crippen LogP contribution in [-0.2, 0) is 6.42 Å². The van der Waals surface area contributed by atoms with E-state index in [2.05, 4.69) is 29.2 Å². The van der Waals surface area contributed by atoms with Crippen molar-refractivity contribution in [3.63, 3.8) is 0 Å². The average molecular weight is 275 g/mol. The number of nitrogens with one attached hydrogen (secondary N) is 1. The second kappa shape index (κ2) is 7.39. The number of hydrogen-bond donors (Lipinski definition) is 1. The molecule has 1 aliphatic rings. The van der Waals surface area contributed by atoms with E-state index < -0.39 is 0 Å². The van der Waals surface area contributed by atoms with Crippen LogP contribution in [0.4, 0.5) is 0 Å². The van der Waals surface area contributed by atoms with Gasteiger partial charge in [-0.25, -0.2) is 0 Å². The SMILES string of the molecule is CCCc1cc(C(=O)NC[C@H]2CCCN(C)C2)ccn1. The van der Waals surface area contributed by atoms with E-state index in [-0.39, 0.29) is 5.91 Å². The summed E-state index contributed by atoms with van der Waals surface area (Å²) in [5.41, 5.74) is 1.73. The number of rotatable bonds is 5. The number of likely N-dealkylation sites (tertiary alicyclic amines) is 1. The van der Waals surface area contributed by atoms with Crippen molar-refractivity contribution in [2.75, 3.05) is 26.7 Å². The van der Waals surface area contributed by atoms with E-state index in [1.54, 1.807) is 12.3 Å². The smallest absolute Gasteiger partial charge is 0.251 e. The Morgan fingerprint density at radius 1 is 1.55 bits per heavy atom. The van der Waals surface area contributed by atoms with Crippen LogP contribution in [0.1, 0.15) is 42.2 Å². The lowest BCUT2D eigenvalue weighted by atomic mass is 9.98. The van der Waals surface area contributed by atoms with Crippen LogP contribution >= 0.6 is 0 Å². The van der Waals surface area contributed by atoms with Crippen molar-refractivity contribution in [3.05, 3.63) is 29.6 Å². The summed E-state index contributed by atoms with van der Waals surface area (Å²) >= 11 is 0. The van der Waals surface area contributed by atoms with Crippen LogP contribution in [0, 0.1) is 5.92 Å². The summed E-state index contributed by atoms with van der Waals surface area (Å²) in [5.74, 6) is 0.604. The van der Waals surface area contributed by atoms with Gasteiger partial charge in [-0.05, 0) is 50.9 Å². The van der Waals surface area contributed by atoms with Crippen molar-refractivity contribution >= 4 is 5.91 Å². The molecule has 1 N–H and O–H groups in total. The number of piperidine rings is 1. The molecule has 0 bridgehead atoms. The second-order valence-corrected chi connectivity index (χ2v) is 5.77. The molecular weight excluding hydrogens is 250 g/mol. The Labute approximate surface area is 121 Å². The van der Waals surface area contributed by atoms with Crippen molar-refractivity contribution in [3.8, 4) is 0 Å². The van der Waals surface area contributed by atoms with Gasteiger partial charge in [-0.2, -0.15) is 0 Å². The molecule has 1 aromatic heterocycles. The zero-order chi connectivity index (χ0) is 14.4. The molecule has 110 valence electrons. The Bertz CT molecular complexity index is 447. The third-order valence-corrected chi connectivity index (χ3v) is 3.86. The molecular formula is C16H25N3O. The lowest BCUT2D eigenvalue weighted by molar-refractivity contribution is 0.0936. The molecule has 0 saturated carbocycles. The molecule has 20 heavy (non-hydrogen) atoms. The summed E-state index contributed by atoms with van der Waals surface area (Å²) in [4.78, 5) is 18.8. The van der Waals surface area contributed by atoms with Gasteiger partial charge in [0.15, 0.2) is 0 Å². The molecule has 1 saturated heterocycles. The van der Waals surface area contributed by atoms with Gasteiger partial charge in [-0.15, -0.1) is 0 Å². The second-order valence-electron chi connectivity index (χ2n) is 5.77. The first-order valence-corrected chi connectivity index (χ1v) is 7.60.